The minimum atomic E-state index is -1.55. The van der Waals surface area contributed by atoms with Crippen LogP contribution in [0.25, 0.3) is 0 Å². The quantitative estimate of drug-likeness (QED) is 0.150. The number of nitrogens with zero attached hydrogens (tertiary/aromatic N) is 5. The van der Waals surface area contributed by atoms with E-state index in [0.717, 1.165) is 16.2 Å². The van der Waals surface area contributed by atoms with E-state index in [0.29, 0.717) is 5.82 Å². The predicted molar refractivity (Wildman–Crippen MR) is 115 cm³/mol. The second-order valence-electron chi connectivity index (χ2n) is 6.86. The van der Waals surface area contributed by atoms with Crippen molar-refractivity contribution < 1.29 is 58.6 Å². The van der Waals surface area contributed by atoms with Crippen LogP contribution in [0.2, 0.25) is 0 Å². The fourth-order valence-corrected chi connectivity index (χ4v) is 5.11. The summed E-state index contributed by atoms with van der Waals surface area (Å²) in [6, 6.07) is -0.981. The van der Waals surface area contributed by atoms with Crippen LogP contribution in [0.5, 0.6) is 0 Å². The minimum absolute atomic E-state index is 0. The van der Waals surface area contributed by atoms with Crippen LogP contribution in [0, 0.1) is 0 Å². The van der Waals surface area contributed by atoms with Crippen LogP contribution in [0.15, 0.2) is 34.4 Å². The topological polar surface area (TPSA) is 177 Å². The zero-order chi connectivity index (χ0) is 23.7. The van der Waals surface area contributed by atoms with Crippen LogP contribution in [0.1, 0.15) is 11.5 Å². The van der Waals surface area contributed by atoms with Gasteiger partial charge in [0.15, 0.2) is 10.8 Å². The first kappa shape index (κ1) is 26.0. The van der Waals surface area contributed by atoms with Gasteiger partial charge in [0.05, 0.1) is 11.7 Å². The van der Waals surface area contributed by atoms with Crippen LogP contribution in [-0.4, -0.2) is 67.2 Å². The number of amides is 2. The molecular formula is C18H18N7NaO6S2. The number of carbonyl (C=O) groups excluding carboxylic acids is 3. The summed E-state index contributed by atoms with van der Waals surface area (Å²) >= 11 is 2.36. The fourth-order valence-electron chi connectivity index (χ4n) is 3.28. The molecule has 174 valence electrons. The summed E-state index contributed by atoms with van der Waals surface area (Å²) in [5, 5.41) is 19.2. The normalized spacial score (nSPS) is 19.6. The molecule has 2 amide bonds. The van der Waals surface area contributed by atoms with Crippen molar-refractivity contribution in [3.8, 4) is 0 Å². The zero-order valence-corrected chi connectivity index (χ0v) is 22.0. The number of aromatic nitrogens is 3. The van der Waals surface area contributed by atoms with Gasteiger partial charge >= 0.3 is 29.6 Å². The van der Waals surface area contributed by atoms with Gasteiger partial charge in [-0.15, -0.1) is 23.1 Å². The van der Waals surface area contributed by atoms with Gasteiger partial charge in [-0.05, 0) is 0 Å². The van der Waals surface area contributed by atoms with E-state index in [4.69, 9.17) is 15.3 Å². The van der Waals surface area contributed by atoms with Gasteiger partial charge in [0, 0.05) is 24.8 Å². The number of hydrogen-bond donors (Lipinski definition) is 2. The number of fused-ring (bicyclic) bond motifs is 1. The van der Waals surface area contributed by atoms with Crippen molar-refractivity contribution in [2.75, 3.05) is 18.6 Å². The Morgan fingerprint density at radius 2 is 2.21 bits per heavy atom. The smallest absolute Gasteiger partial charge is 0.543 e. The van der Waals surface area contributed by atoms with Crippen LogP contribution in [0.3, 0.4) is 0 Å². The van der Waals surface area contributed by atoms with E-state index in [1.165, 1.54) is 24.3 Å². The first-order valence-electron chi connectivity index (χ1n) is 9.43. The second kappa shape index (κ2) is 10.8. The molecule has 0 aliphatic carbocycles. The Hall–Kier alpha value is -2.59. The number of oxime groups is 1. The van der Waals surface area contributed by atoms with Gasteiger partial charge in [-0.3, -0.25) is 14.5 Å². The molecule has 3 N–H and O–H groups in total. The number of rotatable bonds is 8. The minimum Gasteiger partial charge on any atom is -0.543 e. The standard InChI is InChI=1S/C18H19N7O6S2.Na/c1-24-4-3-20-10(24)5-31-9-7-32-16-12(15(27)25(16)13(9)17(28)29)22-14(26)11(23-30-2)8-6-33-18(19)21-8;/h3-4,6,12,16H,5,7H2,1-2H3,(H2,19,21)(H,22,26)(H,28,29);/q;+1/p-1/b23-11-;/t12-,16-;/m1./s1. The first-order valence-corrected chi connectivity index (χ1v) is 11.4. The average Bonchev–Trinajstić information content (AvgIpc) is 3.40. The molecule has 1 saturated heterocycles. The first-order chi connectivity index (χ1) is 15.8. The molecule has 2 aromatic rings. The van der Waals surface area contributed by atoms with E-state index in [1.807, 2.05) is 0 Å². The number of thioether (sulfide) groups is 1. The molecule has 16 heteroatoms. The van der Waals surface area contributed by atoms with E-state index in [-0.39, 0.29) is 69.9 Å². The van der Waals surface area contributed by atoms with Gasteiger partial charge in [-0.1, -0.05) is 5.16 Å². The molecule has 13 nitrogen and oxygen atoms in total. The third kappa shape index (κ3) is 4.93. The van der Waals surface area contributed by atoms with Gasteiger partial charge in [-0.2, -0.15) is 0 Å². The van der Waals surface area contributed by atoms with E-state index in [9.17, 15) is 19.5 Å². The predicted octanol–water partition coefficient (Wildman–Crippen LogP) is -4.61. The fraction of sp³-hybridized carbons (Fsp3) is 0.333. The van der Waals surface area contributed by atoms with Crippen molar-refractivity contribution in [2.45, 2.75) is 18.0 Å². The number of nitrogen functional groups attached to an aromatic ring is 1. The number of thiazole rings is 1. The van der Waals surface area contributed by atoms with Gasteiger partial charge < -0.3 is 35.1 Å². The maximum absolute atomic E-state index is 12.8. The molecular weight excluding hydrogens is 497 g/mol. The number of carboxylic acids is 1. The number of hydrogen-bond acceptors (Lipinski definition) is 12. The van der Waals surface area contributed by atoms with Crippen molar-refractivity contribution in [1.82, 2.24) is 24.8 Å². The molecule has 0 bridgehead atoms. The molecule has 4 heterocycles. The summed E-state index contributed by atoms with van der Waals surface area (Å²) in [5.41, 5.74) is 5.29. The number of carboxylic acid groups (broad SMARTS) is 1. The molecule has 4 rings (SSSR count). The number of carbonyl (C=O) groups is 3. The third-order valence-electron chi connectivity index (χ3n) is 4.87. The van der Waals surface area contributed by atoms with Gasteiger partial charge in [0.25, 0.3) is 11.8 Å². The second-order valence-corrected chi connectivity index (χ2v) is 8.85. The van der Waals surface area contributed by atoms with E-state index in [2.05, 4.69) is 20.4 Å². The SMILES string of the molecule is CO/N=C(\C(=O)N[C@@H]1C(=O)N2C(C(=O)[O-])=C(OCc3nccn3C)CS[C@H]12)c1csc(N)n1.[Na+]. The summed E-state index contributed by atoms with van der Waals surface area (Å²) in [7, 11) is 3.04. The Morgan fingerprint density at radius 1 is 1.44 bits per heavy atom. The van der Waals surface area contributed by atoms with Crippen LogP contribution in [-0.2, 0) is 37.6 Å². The number of anilines is 1. The van der Waals surface area contributed by atoms with Crippen molar-refractivity contribution in [1.29, 1.82) is 0 Å². The molecule has 34 heavy (non-hydrogen) atoms. The molecule has 0 radical (unpaired) electrons. The molecule has 0 saturated carbocycles. The van der Waals surface area contributed by atoms with Gasteiger partial charge in [-0.25, -0.2) is 9.97 Å². The molecule has 2 aromatic heterocycles. The Kier molecular flexibility index (Phi) is 8.25. The Balaban J connectivity index is 0.00000324. The Labute approximate surface area is 223 Å². The van der Waals surface area contributed by atoms with Crippen LogP contribution < -0.4 is 45.7 Å². The molecule has 2 aliphatic rings. The summed E-state index contributed by atoms with van der Waals surface area (Å²) in [6.07, 6.45) is 3.32. The van der Waals surface area contributed by atoms with Gasteiger partial charge in [0.2, 0.25) is 0 Å². The van der Waals surface area contributed by atoms with Crippen molar-refractivity contribution in [2.24, 2.45) is 12.2 Å². The van der Waals surface area contributed by atoms with Crippen molar-refractivity contribution in [3.05, 3.63) is 40.7 Å². The maximum Gasteiger partial charge on any atom is 1.00 e. The zero-order valence-electron chi connectivity index (χ0n) is 18.4. The molecule has 0 aromatic carbocycles. The molecule has 0 unspecified atom stereocenters. The van der Waals surface area contributed by atoms with Crippen molar-refractivity contribution >= 4 is 51.7 Å². The molecule has 1 fully saturated rings. The number of ether oxygens (including phenoxy) is 1. The average molecular weight is 516 g/mol. The number of imidazole rings is 1. The van der Waals surface area contributed by atoms with Crippen LogP contribution in [0.4, 0.5) is 5.13 Å². The third-order valence-corrected chi connectivity index (χ3v) is 6.80. The Morgan fingerprint density at radius 3 is 2.79 bits per heavy atom. The summed E-state index contributed by atoms with van der Waals surface area (Å²) in [5.74, 6) is -2.04. The summed E-state index contributed by atoms with van der Waals surface area (Å²) in [6.45, 7) is 0.0245. The number of aryl methyl sites for hydroxylation is 1. The van der Waals surface area contributed by atoms with Crippen LogP contribution >= 0.6 is 23.1 Å². The Bertz CT molecular complexity index is 1180. The maximum atomic E-state index is 12.8. The largest absolute Gasteiger partial charge is 1.00 e. The summed E-state index contributed by atoms with van der Waals surface area (Å²) < 4.78 is 7.38. The van der Waals surface area contributed by atoms with E-state index in [1.54, 1.807) is 24.0 Å². The van der Waals surface area contributed by atoms with E-state index < -0.39 is 29.2 Å². The van der Waals surface area contributed by atoms with E-state index >= 15 is 0 Å². The monoisotopic (exact) mass is 515 g/mol. The number of nitrogens with one attached hydrogen (secondary N) is 1. The number of aliphatic carboxylic acids is 1. The number of nitrogens with two attached hydrogens (primary N) is 1. The summed E-state index contributed by atoms with van der Waals surface area (Å²) in [4.78, 5) is 51.3. The molecule has 0 spiro atoms. The number of β-lactam (4-membered cyclic amide) rings is 1. The molecule has 2 atom stereocenters. The van der Waals surface area contributed by atoms with Gasteiger partial charge in [0.1, 0.15) is 48.1 Å². The molecule has 2 aliphatic heterocycles. The van der Waals surface area contributed by atoms with Crippen molar-refractivity contribution in [3.63, 3.8) is 0 Å².